The van der Waals surface area contributed by atoms with Crippen molar-refractivity contribution in [3.63, 3.8) is 0 Å². The molecule has 3 aromatic carbocycles. The average Bonchev–Trinajstić information content (AvgIpc) is 3.07. The molecule has 0 aliphatic carbocycles. The number of hydrogen-bond donors (Lipinski definition) is 1. The number of amides is 1. The van der Waals surface area contributed by atoms with Crippen molar-refractivity contribution >= 4 is 21.6 Å². The summed E-state index contributed by atoms with van der Waals surface area (Å²) in [5, 5.41) is 3.34. The molecule has 0 radical (unpaired) electrons. The third kappa shape index (κ3) is 7.29. The van der Waals surface area contributed by atoms with Gasteiger partial charge in [0.05, 0.1) is 16.1 Å². The second-order valence-corrected chi connectivity index (χ2v) is 13.2. The Morgan fingerprint density at radius 2 is 1.33 bits per heavy atom. The lowest BCUT2D eigenvalue weighted by Gasteiger charge is -2.53. The van der Waals surface area contributed by atoms with Crippen LogP contribution in [-0.4, -0.2) is 56.1 Å². The molecule has 2 aliphatic rings. The average molecular weight is 645 g/mol. The Bertz CT molecular complexity index is 1500. The molecule has 3 aromatic rings. The summed E-state index contributed by atoms with van der Waals surface area (Å²) in [7, 11) is -4.37. The van der Waals surface area contributed by atoms with Crippen molar-refractivity contribution in [3.8, 4) is 5.75 Å². The molecule has 1 N–H and O–H groups in total. The van der Waals surface area contributed by atoms with Gasteiger partial charge in [0.1, 0.15) is 0 Å². The number of anilines is 1. The second kappa shape index (κ2) is 13.8. The van der Waals surface area contributed by atoms with E-state index >= 15 is 0 Å². The number of nitrogens with one attached hydrogen (secondary N) is 1. The Hall–Kier alpha value is -3.61. The van der Waals surface area contributed by atoms with Crippen LogP contribution < -0.4 is 14.6 Å². The largest absolute Gasteiger partial charge is 0.416 e. The van der Waals surface area contributed by atoms with Gasteiger partial charge in [-0.3, -0.25) is 14.6 Å². The first-order valence-electron chi connectivity index (χ1n) is 15.4. The molecule has 45 heavy (non-hydrogen) atoms. The van der Waals surface area contributed by atoms with E-state index in [1.807, 2.05) is 0 Å². The second-order valence-electron chi connectivity index (χ2n) is 11.4. The lowest BCUT2D eigenvalue weighted by Crippen LogP contribution is -2.71. The Balaban J connectivity index is 1.40. The van der Waals surface area contributed by atoms with Gasteiger partial charge < -0.3 is 10.2 Å². The van der Waals surface area contributed by atoms with Crippen LogP contribution in [0.3, 0.4) is 0 Å². The Morgan fingerprint density at radius 1 is 0.800 bits per heavy atom. The maximum Gasteiger partial charge on any atom is 0.416 e. The highest BCUT2D eigenvalue weighted by molar-refractivity contribution is 7.92. The fourth-order valence-electron chi connectivity index (χ4n) is 6.14. The van der Waals surface area contributed by atoms with Gasteiger partial charge in [-0.15, -0.1) is 0 Å². The van der Waals surface area contributed by atoms with E-state index in [0.717, 1.165) is 76.1 Å². The monoisotopic (exact) mass is 644 g/mol. The number of nitrogens with zero attached hydrogens (tertiary/aromatic N) is 3. The Kier molecular flexibility index (Phi) is 10.0. The molecule has 1 amide bonds. The Morgan fingerprint density at radius 3 is 1.82 bits per heavy atom. The minimum Gasteiger partial charge on any atom is -0.364 e. The normalized spacial score (nSPS) is 17.1. The van der Waals surface area contributed by atoms with Crippen LogP contribution in [-0.2, 0) is 16.2 Å². The van der Waals surface area contributed by atoms with Gasteiger partial charge in [-0.2, -0.15) is 21.6 Å². The van der Waals surface area contributed by atoms with Gasteiger partial charge in [0, 0.05) is 31.7 Å². The molecule has 2 aliphatic heterocycles. The lowest BCUT2D eigenvalue weighted by molar-refractivity contribution is -0.137. The van der Waals surface area contributed by atoms with E-state index in [2.05, 4.69) is 22.0 Å². The zero-order chi connectivity index (χ0) is 32.1. The molecule has 0 spiro atoms. The summed E-state index contributed by atoms with van der Waals surface area (Å²) in [4.78, 5) is 24.0. The van der Waals surface area contributed by atoms with Crippen molar-refractivity contribution in [1.29, 1.82) is 0 Å². The van der Waals surface area contributed by atoms with Gasteiger partial charge >= 0.3 is 6.18 Å². The van der Waals surface area contributed by atoms with Crippen LogP contribution in [0.2, 0.25) is 0 Å². The summed E-state index contributed by atoms with van der Waals surface area (Å²) >= 11 is 0. The highest BCUT2D eigenvalue weighted by Crippen LogP contribution is 2.33. The van der Waals surface area contributed by atoms with Crippen LogP contribution in [0.15, 0.2) is 83.8 Å². The number of piperidine rings is 2. The van der Waals surface area contributed by atoms with Crippen LogP contribution in [0.4, 0.5) is 18.9 Å². The first kappa shape index (κ1) is 32.8. The van der Waals surface area contributed by atoms with Crippen LogP contribution in [0.5, 0.6) is 5.75 Å². The van der Waals surface area contributed by atoms with Crippen LogP contribution in [0.1, 0.15) is 67.8 Å². The highest BCUT2D eigenvalue weighted by Gasteiger charge is 2.43. The van der Waals surface area contributed by atoms with Crippen molar-refractivity contribution in [1.82, 2.24) is 15.1 Å². The maximum absolute atomic E-state index is 13.8. The van der Waals surface area contributed by atoms with Gasteiger partial charge in [-0.1, -0.05) is 42.4 Å². The number of halogens is 3. The standard InChI is InChI=1S/C33H39F3N4O4S/c1-2-32(38-22-8-4-9-23-38,39-24-10-5-11-25-39)37-31(41)26-14-20-30(21-15-26)45(42,43)40(28-12-6-3-7-13-28)44-29-18-16-27(17-19-29)33(34,35)36/h3,6-7,12-21H,2,4-5,8-11,22-25H2,1H3,(H,37,41). The fraction of sp³-hybridized carbons (Fsp3) is 0.424. The third-order valence-electron chi connectivity index (χ3n) is 8.53. The summed E-state index contributed by atoms with van der Waals surface area (Å²) in [6, 6.07) is 17.3. The topological polar surface area (TPSA) is 82.2 Å². The SMILES string of the molecule is CCC(NC(=O)c1ccc(S(=O)(=O)N(Oc2ccc(C(F)(F)F)cc2)c2ccccc2)cc1)(N1CCCCC1)N1CCCCC1. The van der Waals surface area contributed by atoms with Crippen molar-refractivity contribution < 1.29 is 31.2 Å². The zero-order valence-electron chi connectivity index (χ0n) is 25.3. The van der Waals surface area contributed by atoms with E-state index in [4.69, 9.17) is 4.84 Å². The predicted molar refractivity (Wildman–Crippen MR) is 166 cm³/mol. The number of rotatable bonds is 10. The van der Waals surface area contributed by atoms with E-state index in [9.17, 15) is 26.4 Å². The number of sulfonamides is 1. The van der Waals surface area contributed by atoms with Gasteiger partial charge in [-0.05, 0) is 92.8 Å². The van der Waals surface area contributed by atoms with Gasteiger partial charge in [0.2, 0.25) is 0 Å². The molecule has 0 unspecified atom stereocenters. The first-order valence-corrected chi connectivity index (χ1v) is 16.9. The van der Waals surface area contributed by atoms with Crippen LogP contribution in [0, 0.1) is 0 Å². The summed E-state index contributed by atoms with van der Waals surface area (Å²) in [5.74, 6) is -1.02. The predicted octanol–water partition coefficient (Wildman–Crippen LogP) is 6.66. The van der Waals surface area contributed by atoms with Crippen molar-refractivity contribution in [2.24, 2.45) is 0 Å². The number of alkyl halides is 3. The molecule has 242 valence electrons. The van der Waals surface area contributed by atoms with E-state index in [0.29, 0.717) is 16.5 Å². The number of hydrogen-bond acceptors (Lipinski definition) is 6. The van der Waals surface area contributed by atoms with E-state index in [1.165, 1.54) is 49.2 Å². The van der Waals surface area contributed by atoms with E-state index in [-0.39, 0.29) is 22.2 Å². The van der Waals surface area contributed by atoms with Crippen molar-refractivity contribution in [2.45, 2.75) is 68.7 Å². The third-order valence-corrected chi connectivity index (χ3v) is 10.1. The minimum atomic E-state index is -4.55. The zero-order valence-corrected chi connectivity index (χ0v) is 26.1. The molecule has 0 bridgehead atoms. The molecule has 5 rings (SSSR count). The summed E-state index contributed by atoms with van der Waals surface area (Å²) in [6.45, 7) is 5.69. The minimum absolute atomic E-state index is 0.0993. The quantitative estimate of drug-likeness (QED) is 0.249. The maximum atomic E-state index is 13.8. The first-order chi connectivity index (χ1) is 21.5. The molecular formula is C33H39F3N4O4S. The molecule has 0 saturated carbocycles. The van der Waals surface area contributed by atoms with Gasteiger partial charge in [0.25, 0.3) is 15.9 Å². The smallest absolute Gasteiger partial charge is 0.364 e. The lowest BCUT2D eigenvalue weighted by atomic mass is 10.0. The number of carbonyl (C=O) groups is 1. The molecule has 2 saturated heterocycles. The number of para-hydroxylation sites is 1. The number of benzene rings is 3. The fourth-order valence-corrected chi connectivity index (χ4v) is 7.40. The molecule has 0 atom stereocenters. The van der Waals surface area contributed by atoms with E-state index < -0.39 is 27.5 Å². The summed E-state index contributed by atoms with van der Waals surface area (Å²) in [6.07, 6.45) is 2.80. The molecule has 12 heteroatoms. The summed E-state index contributed by atoms with van der Waals surface area (Å²) in [5.41, 5.74) is -0.420. The van der Waals surface area contributed by atoms with Crippen LogP contribution >= 0.6 is 0 Å². The molecule has 8 nitrogen and oxygen atoms in total. The van der Waals surface area contributed by atoms with Crippen molar-refractivity contribution in [2.75, 3.05) is 30.6 Å². The Labute approximate surface area is 262 Å². The van der Waals surface area contributed by atoms with Gasteiger partial charge in [-0.25, -0.2) is 0 Å². The van der Waals surface area contributed by atoms with Gasteiger partial charge in [0.15, 0.2) is 11.5 Å². The highest BCUT2D eigenvalue weighted by atomic mass is 32.2. The molecule has 0 aromatic heterocycles. The number of likely N-dealkylation sites (tertiary alicyclic amines) is 2. The molecule has 2 heterocycles. The van der Waals surface area contributed by atoms with E-state index in [1.54, 1.807) is 18.2 Å². The molecule has 2 fully saturated rings. The van der Waals surface area contributed by atoms with Crippen molar-refractivity contribution in [3.05, 3.63) is 90.0 Å². The number of carbonyl (C=O) groups excluding carboxylic acids is 1. The molecular weight excluding hydrogens is 605 g/mol. The van der Waals surface area contributed by atoms with Crippen LogP contribution in [0.25, 0.3) is 0 Å². The summed E-state index contributed by atoms with van der Waals surface area (Å²) < 4.78 is 67.5.